The molecule has 1 aromatic carbocycles. The monoisotopic (exact) mass is 374 g/mol. The van der Waals surface area contributed by atoms with Gasteiger partial charge in [-0.3, -0.25) is 9.98 Å². The Morgan fingerprint density at radius 3 is 2.61 bits per heavy atom. The largest absolute Gasteiger partial charge is 0.380 e. The van der Waals surface area contributed by atoms with Crippen LogP contribution in [-0.4, -0.2) is 24.4 Å². The van der Waals surface area contributed by atoms with Gasteiger partial charge in [0.1, 0.15) is 0 Å². The molecule has 0 bridgehead atoms. The number of ether oxygens (including phenoxy) is 1. The Labute approximate surface area is 168 Å². The molecule has 28 heavy (non-hydrogen) atoms. The minimum absolute atomic E-state index is 0.0570. The van der Waals surface area contributed by atoms with E-state index in [9.17, 15) is 0 Å². The van der Waals surface area contributed by atoms with Gasteiger partial charge in [-0.2, -0.15) is 0 Å². The Bertz CT molecular complexity index is 1000. The van der Waals surface area contributed by atoms with Gasteiger partial charge in [0.25, 0.3) is 0 Å². The summed E-state index contributed by atoms with van der Waals surface area (Å²) in [6, 6.07) is 6.71. The number of benzene rings is 1. The molecule has 3 heteroatoms. The molecule has 1 saturated heterocycles. The highest BCUT2D eigenvalue weighted by Crippen LogP contribution is 2.41. The van der Waals surface area contributed by atoms with Crippen LogP contribution < -0.4 is 0 Å². The van der Waals surface area contributed by atoms with E-state index in [1.807, 2.05) is 18.4 Å². The van der Waals surface area contributed by atoms with Gasteiger partial charge >= 0.3 is 0 Å². The molecule has 0 N–H and O–H groups in total. The first-order valence-electron chi connectivity index (χ1n) is 10.2. The molecule has 0 amide bonds. The number of aryl methyl sites for hydroxylation is 1. The third-order valence-electron chi connectivity index (χ3n) is 5.79. The van der Waals surface area contributed by atoms with Crippen LogP contribution in [0.2, 0.25) is 0 Å². The topological polar surface area (TPSA) is 34.5 Å². The second-order valence-electron chi connectivity index (χ2n) is 9.60. The third-order valence-corrected chi connectivity index (χ3v) is 5.79. The van der Waals surface area contributed by atoms with Crippen LogP contribution in [0.5, 0.6) is 0 Å². The molecule has 0 spiro atoms. The summed E-state index contributed by atoms with van der Waals surface area (Å²) in [5.74, 6) is 0. The van der Waals surface area contributed by atoms with Crippen molar-refractivity contribution in [1.29, 1.82) is 0 Å². The second-order valence-corrected chi connectivity index (χ2v) is 9.60. The van der Waals surface area contributed by atoms with E-state index in [0.717, 1.165) is 48.3 Å². The molecule has 1 fully saturated rings. The average molecular weight is 375 g/mol. The molecule has 4 rings (SSSR count). The summed E-state index contributed by atoms with van der Waals surface area (Å²) in [7, 11) is 0. The molecule has 2 aromatic rings. The average Bonchev–Trinajstić information content (AvgIpc) is 2.60. The van der Waals surface area contributed by atoms with E-state index in [4.69, 9.17) is 14.7 Å². The molecular formula is C25H30N2O. The number of hydrogen-bond donors (Lipinski definition) is 0. The normalized spacial score (nSPS) is 18.2. The zero-order chi connectivity index (χ0) is 19.9. The summed E-state index contributed by atoms with van der Waals surface area (Å²) in [5.41, 5.74) is 7.21. The number of aliphatic imine (C=N–C) groups is 1. The van der Waals surface area contributed by atoms with Crippen molar-refractivity contribution in [3.05, 3.63) is 53.2 Å². The van der Waals surface area contributed by atoms with E-state index in [2.05, 4.69) is 58.9 Å². The Morgan fingerprint density at radius 2 is 1.93 bits per heavy atom. The van der Waals surface area contributed by atoms with Crippen LogP contribution in [0.15, 0.2) is 41.4 Å². The molecule has 0 unspecified atom stereocenters. The van der Waals surface area contributed by atoms with Gasteiger partial charge in [-0.25, -0.2) is 0 Å². The third kappa shape index (κ3) is 3.56. The van der Waals surface area contributed by atoms with Crippen molar-refractivity contribution in [1.82, 2.24) is 4.98 Å². The molecule has 3 nitrogen and oxygen atoms in total. The summed E-state index contributed by atoms with van der Waals surface area (Å²) >= 11 is 0. The maximum Gasteiger partial charge on any atom is 0.0817 e. The fourth-order valence-corrected chi connectivity index (χ4v) is 3.99. The maximum atomic E-state index is 5.41. The van der Waals surface area contributed by atoms with Crippen LogP contribution in [0.1, 0.15) is 57.9 Å². The second kappa shape index (κ2) is 6.97. The minimum atomic E-state index is -0.0570. The summed E-state index contributed by atoms with van der Waals surface area (Å²) in [6.07, 6.45) is 10.3. The predicted molar refractivity (Wildman–Crippen MR) is 119 cm³/mol. The van der Waals surface area contributed by atoms with Crippen LogP contribution in [0, 0.1) is 5.41 Å². The SMILES string of the molecule is CC1=CC=CC=Nc2c1c(C(C)(C)C)nc1cc(CCC3(C)COC3)ccc21. The number of nitrogens with zero attached hydrogens (tertiary/aromatic N) is 2. The Kier molecular flexibility index (Phi) is 4.75. The molecule has 0 aliphatic carbocycles. The highest BCUT2D eigenvalue weighted by Gasteiger charge is 2.32. The van der Waals surface area contributed by atoms with E-state index in [1.54, 1.807) is 0 Å². The lowest BCUT2D eigenvalue weighted by molar-refractivity contribution is -0.105. The van der Waals surface area contributed by atoms with E-state index >= 15 is 0 Å². The summed E-state index contributed by atoms with van der Waals surface area (Å²) in [6.45, 7) is 12.9. The van der Waals surface area contributed by atoms with Gasteiger partial charge in [0.15, 0.2) is 0 Å². The van der Waals surface area contributed by atoms with Gasteiger partial charge in [-0.1, -0.05) is 52.0 Å². The first kappa shape index (κ1) is 19.1. The molecule has 1 aromatic heterocycles. The van der Waals surface area contributed by atoms with Crippen LogP contribution in [0.3, 0.4) is 0 Å². The first-order chi connectivity index (χ1) is 13.3. The van der Waals surface area contributed by atoms with Crippen molar-refractivity contribution in [2.45, 2.75) is 52.9 Å². The number of allylic oxidation sites excluding steroid dienone is 4. The van der Waals surface area contributed by atoms with Gasteiger partial charge in [0, 0.05) is 28.0 Å². The van der Waals surface area contributed by atoms with Crippen molar-refractivity contribution < 1.29 is 4.74 Å². The van der Waals surface area contributed by atoms with Gasteiger partial charge < -0.3 is 4.74 Å². The van der Waals surface area contributed by atoms with Crippen LogP contribution >= 0.6 is 0 Å². The molecule has 146 valence electrons. The first-order valence-corrected chi connectivity index (χ1v) is 10.2. The molecular weight excluding hydrogens is 344 g/mol. The number of hydrogen-bond acceptors (Lipinski definition) is 3. The Balaban J connectivity index is 1.84. The predicted octanol–water partition coefficient (Wildman–Crippen LogP) is 6.18. The van der Waals surface area contributed by atoms with Gasteiger partial charge in [-0.05, 0) is 43.0 Å². The number of pyridine rings is 1. The lowest BCUT2D eigenvalue weighted by atomic mass is 9.82. The van der Waals surface area contributed by atoms with Crippen molar-refractivity contribution in [3.8, 4) is 0 Å². The smallest absolute Gasteiger partial charge is 0.0817 e. The zero-order valence-corrected chi connectivity index (χ0v) is 17.7. The Morgan fingerprint density at radius 1 is 1.14 bits per heavy atom. The van der Waals surface area contributed by atoms with Gasteiger partial charge in [0.05, 0.1) is 30.1 Å². The van der Waals surface area contributed by atoms with Crippen molar-refractivity contribution in [2.75, 3.05) is 13.2 Å². The number of rotatable bonds is 3. The summed E-state index contributed by atoms with van der Waals surface area (Å²) < 4.78 is 5.41. The molecule has 2 aliphatic rings. The van der Waals surface area contributed by atoms with Crippen molar-refractivity contribution >= 4 is 28.4 Å². The van der Waals surface area contributed by atoms with Gasteiger partial charge in [0.2, 0.25) is 0 Å². The molecule has 0 saturated carbocycles. The minimum Gasteiger partial charge on any atom is -0.380 e. The molecule has 2 aliphatic heterocycles. The summed E-state index contributed by atoms with van der Waals surface area (Å²) in [4.78, 5) is 9.99. The van der Waals surface area contributed by atoms with Crippen molar-refractivity contribution in [2.24, 2.45) is 10.4 Å². The van der Waals surface area contributed by atoms with Crippen LogP contribution in [-0.2, 0) is 16.6 Å². The zero-order valence-electron chi connectivity index (χ0n) is 17.7. The van der Waals surface area contributed by atoms with E-state index in [1.165, 1.54) is 16.7 Å². The van der Waals surface area contributed by atoms with E-state index < -0.39 is 0 Å². The standard InChI is InChI=1S/C25H30N2O/c1-17-8-6-7-13-26-22-19-10-9-18(11-12-25(5)15-28-16-25)14-20(19)27-23(21(17)22)24(2,3)4/h6-10,13-14H,11-12,15-16H2,1-5H3. The fraction of sp³-hybridized carbons (Fsp3) is 0.440. The molecule has 3 heterocycles. The number of aromatic nitrogens is 1. The van der Waals surface area contributed by atoms with Gasteiger partial charge in [-0.15, -0.1) is 0 Å². The highest BCUT2D eigenvalue weighted by atomic mass is 16.5. The van der Waals surface area contributed by atoms with E-state index in [0.29, 0.717) is 5.41 Å². The Hall–Kier alpha value is -2.26. The van der Waals surface area contributed by atoms with E-state index in [-0.39, 0.29) is 5.41 Å². The van der Waals surface area contributed by atoms with Crippen LogP contribution in [0.4, 0.5) is 5.69 Å². The highest BCUT2D eigenvalue weighted by molar-refractivity contribution is 5.99. The molecule has 0 atom stereocenters. The summed E-state index contributed by atoms with van der Waals surface area (Å²) in [5, 5.41) is 1.13. The quantitative estimate of drug-likeness (QED) is 0.643. The number of fused-ring (bicyclic) bond motifs is 3. The van der Waals surface area contributed by atoms with Crippen molar-refractivity contribution in [3.63, 3.8) is 0 Å². The molecule has 0 radical (unpaired) electrons. The fourth-order valence-electron chi connectivity index (χ4n) is 3.99. The maximum absolute atomic E-state index is 5.41. The van der Waals surface area contributed by atoms with Crippen LogP contribution in [0.25, 0.3) is 16.5 Å². The lowest BCUT2D eigenvalue weighted by Crippen LogP contribution is -2.39. The lowest BCUT2D eigenvalue weighted by Gasteiger charge is -2.38.